The molecule has 1 aliphatic heterocycles. The molecular weight excluding hydrogens is 249 g/mol. The third-order valence-electron chi connectivity index (χ3n) is 2.82. The number of carbonyl (C=O) groups excluding carboxylic acids is 1. The summed E-state index contributed by atoms with van der Waals surface area (Å²) in [5, 5.41) is 2.73. The van der Waals surface area contributed by atoms with Crippen LogP contribution in [0.25, 0.3) is 0 Å². The number of nitrogens with two attached hydrogens (primary N) is 1. The van der Waals surface area contributed by atoms with Gasteiger partial charge in [-0.1, -0.05) is 0 Å². The second-order valence-corrected chi connectivity index (χ2v) is 4.78. The molecule has 0 radical (unpaired) electrons. The normalized spacial score (nSPS) is 15.6. The molecule has 104 valence electrons. The number of piperazine rings is 1. The molecule has 0 unspecified atom stereocenters. The van der Waals surface area contributed by atoms with E-state index in [9.17, 15) is 9.18 Å². The van der Waals surface area contributed by atoms with Crippen molar-refractivity contribution >= 4 is 17.3 Å². The van der Waals surface area contributed by atoms with Crippen molar-refractivity contribution in [3.8, 4) is 5.75 Å². The van der Waals surface area contributed by atoms with Gasteiger partial charge in [0, 0.05) is 25.2 Å². The number of benzene rings is 1. The molecule has 1 heterocycles. The lowest BCUT2D eigenvalue weighted by Crippen LogP contribution is -2.47. The second-order valence-electron chi connectivity index (χ2n) is 4.78. The number of nitrogens with zero attached hydrogens (tertiary/aromatic N) is 1. The van der Waals surface area contributed by atoms with Crippen molar-refractivity contribution in [1.29, 1.82) is 0 Å². The third kappa shape index (κ3) is 3.07. The molecule has 0 aliphatic carbocycles. The van der Waals surface area contributed by atoms with Crippen LogP contribution in [0.5, 0.6) is 5.75 Å². The molecule has 0 atom stereocenters. The Balaban J connectivity index is 2.31. The molecule has 1 aliphatic rings. The van der Waals surface area contributed by atoms with Gasteiger partial charge in [0.1, 0.15) is 0 Å². The highest BCUT2D eigenvalue weighted by Gasteiger charge is 2.20. The molecule has 5 nitrogen and oxygen atoms in total. The lowest BCUT2D eigenvalue weighted by atomic mass is 10.2. The van der Waals surface area contributed by atoms with Gasteiger partial charge in [0.2, 0.25) is 5.91 Å². The van der Waals surface area contributed by atoms with Crippen LogP contribution < -0.4 is 20.7 Å². The Bertz CT molecular complexity index is 491. The van der Waals surface area contributed by atoms with Gasteiger partial charge in [-0.2, -0.15) is 0 Å². The molecule has 0 spiro atoms. The van der Waals surface area contributed by atoms with Gasteiger partial charge in [-0.15, -0.1) is 0 Å². The van der Waals surface area contributed by atoms with Crippen LogP contribution in [0.3, 0.4) is 0 Å². The van der Waals surface area contributed by atoms with E-state index in [4.69, 9.17) is 10.5 Å². The van der Waals surface area contributed by atoms with E-state index in [-0.39, 0.29) is 24.3 Å². The number of rotatable bonds is 3. The standard InChI is InChI=1S/C13H18FN3O2/c1-8(2)19-12-6-11(10(15)5-9(12)14)17-4-3-16-13(18)7-17/h5-6,8H,3-4,7,15H2,1-2H3,(H,16,18). The van der Waals surface area contributed by atoms with Crippen LogP contribution in [0.2, 0.25) is 0 Å². The van der Waals surface area contributed by atoms with Gasteiger partial charge in [0.25, 0.3) is 0 Å². The summed E-state index contributed by atoms with van der Waals surface area (Å²) >= 11 is 0. The predicted molar refractivity (Wildman–Crippen MR) is 71.8 cm³/mol. The number of ether oxygens (including phenoxy) is 1. The van der Waals surface area contributed by atoms with Gasteiger partial charge in [0.05, 0.1) is 24.0 Å². The Morgan fingerprint density at radius 1 is 1.47 bits per heavy atom. The number of hydrogen-bond donors (Lipinski definition) is 2. The monoisotopic (exact) mass is 267 g/mol. The fraction of sp³-hybridized carbons (Fsp3) is 0.462. The maximum Gasteiger partial charge on any atom is 0.239 e. The smallest absolute Gasteiger partial charge is 0.239 e. The first kappa shape index (κ1) is 13.5. The molecule has 1 amide bonds. The van der Waals surface area contributed by atoms with Gasteiger partial charge < -0.3 is 20.7 Å². The van der Waals surface area contributed by atoms with Crippen LogP contribution in [-0.4, -0.2) is 31.6 Å². The molecule has 2 rings (SSSR count). The van der Waals surface area contributed by atoms with Crippen molar-refractivity contribution in [3.63, 3.8) is 0 Å². The zero-order valence-electron chi connectivity index (χ0n) is 11.1. The number of hydrogen-bond acceptors (Lipinski definition) is 4. The number of amides is 1. The van der Waals surface area contributed by atoms with Crippen molar-refractivity contribution in [3.05, 3.63) is 17.9 Å². The first-order valence-corrected chi connectivity index (χ1v) is 6.24. The zero-order valence-corrected chi connectivity index (χ0v) is 11.1. The molecule has 6 heteroatoms. The molecule has 3 N–H and O–H groups in total. The maximum atomic E-state index is 13.7. The lowest BCUT2D eigenvalue weighted by Gasteiger charge is -2.30. The summed E-state index contributed by atoms with van der Waals surface area (Å²) in [6.07, 6.45) is -0.129. The SMILES string of the molecule is CC(C)Oc1cc(N2CCNC(=O)C2)c(N)cc1F. The summed E-state index contributed by atoms with van der Waals surface area (Å²) in [6, 6.07) is 2.79. The average Bonchev–Trinajstić information content (AvgIpc) is 2.32. The van der Waals surface area contributed by atoms with Crippen LogP contribution in [0, 0.1) is 5.82 Å². The Hall–Kier alpha value is -1.98. The number of nitrogen functional groups attached to an aromatic ring is 1. The number of anilines is 2. The van der Waals surface area contributed by atoms with E-state index in [1.165, 1.54) is 6.07 Å². The fourth-order valence-corrected chi connectivity index (χ4v) is 2.02. The summed E-state index contributed by atoms with van der Waals surface area (Å²) in [7, 11) is 0. The minimum atomic E-state index is -0.489. The minimum Gasteiger partial charge on any atom is -0.488 e. The van der Waals surface area contributed by atoms with E-state index in [2.05, 4.69) is 5.32 Å². The van der Waals surface area contributed by atoms with E-state index in [0.717, 1.165) is 0 Å². The van der Waals surface area contributed by atoms with E-state index in [0.29, 0.717) is 24.5 Å². The van der Waals surface area contributed by atoms with Crippen LogP contribution in [-0.2, 0) is 4.79 Å². The average molecular weight is 267 g/mol. The molecule has 1 saturated heterocycles. The Morgan fingerprint density at radius 2 is 2.21 bits per heavy atom. The van der Waals surface area contributed by atoms with Crippen molar-refractivity contribution < 1.29 is 13.9 Å². The molecule has 0 saturated carbocycles. The molecule has 1 aromatic carbocycles. The van der Waals surface area contributed by atoms with Crippen molar-refractivity contribution in [2.75, 3.05) is 30.3 Å². The van der Waals surface area contributed by atoms with Crippen LogP contribution in [0.1, 0.15) is 13.8 Å². The zero-order chi connectivity index (χ0) is 14.0. The summed E-state index contributed by atoms with van der Waals surface area (Å²) < 4.78 is 19.1. The predicted octanol–water partition coefficient (Wildman–Crippen LogP) is 1.13. The van der Waals surface area contributed by atoms with Gasteiger partial charge in [0.15, 0.2) is 11.6 Å². The Kier molecular flexibility index (Phi) is 3.78. The van der Waals surface area contributed by atoms with Crippen LogP contribution in [0.4, 0.5) is 15.8 Å². The third-order valence-corrected chi connectivity index (χ3v) is 2.82. The number of nitrogens with one attached hydrogen (secondary N) is 1. The Labute approximate surface area is 111 Å². The second kappa shape index (κ2) is 5.34. The Morgan fingerprint density at radius 3 is 2.84 bits per heavy atom. The van der Waals surface area contributed by atoms with Crippen LogP contribution in [0.15, 0.2) is 12.1 Å². The highest BCUT2D eigenvalue weighted by molar-refractivity contribution is 5.84. The lowest BCUT2D eigenvalue weighted by molar-refractivity contribution is -0.120. The van der Waals surface area contributed by atoms with Crippen molar-refractivity contribution in [1.82, 2.24) is 5.32 Å². The van der Waals surface area contributed by atoms with Crippen molar-refractivity contribution in [2.45, 2.75) is 20.0 Å². The molecule has 1 fully saturated rings. The summed E-state index contributed by atoms with van der Waals surface area (Å²) in [6.45, 7) is 5.06. The van der Waals surface area contributed by atoms with Gasteiger partial charge in [-0.05, 0) is 13.8 Å². The quantitative estimate of drug-likeness (QED) is 0.806. The van der Waals surface area contributed by atoms with E-state index in [1.807, 2.05) is 18.7 Å². The number of carbonyl (C=O) groups is 1. The maximum absolute atomic E-state index is 13.7. The highest BCUT2D eigenvalue weighted by Crippen LogP contribution is 2.31. The first-order valence-electron chi connectivity index (χ1n) is 6.24. The molecule has 0 bridgehead atoms. The van der Waals surface area contributed by atoms with Gasteiger partial charge >= 0.3 is 0 Å². The van der Waals surface area contributed by atoms with E-state index in [1.54, 1.807) is 6.07 Å². The van der Waals surface area contributed by atoms with E-state index >= 15 is 0 Å². The topological polar surface area (TPSA) is 67.6 Å². The van der Waals surface area contributed by atoms with Crippen molar-refractivity contribution in [2.24, 2.45) is 0 Å². The summed E-state index contributed by atoms with van der Waals surface area (Å²) in [4.78, 5) is 13.2. The van der Waals surface area contributed by atoms with Gasteiger partial charge in [-0.3, -0.25) is 4.79 Å². The highest BCUT2D eigenvalue weighted by atomic mass is 19.1. The van der Waals surface area contributed by atoms with Gasteiger partial charge in [-0.25, -0.2) is 4.39 Å². The molecule has 1 aromatic rings. The minimum absolute atomic E-state index is 0.0682. The fourth-order valence-electron chi connectivity index (χ4n) is 2.02. The van der Waals surface area contributed by atoms with E-state index < -0.39 is 5.82 Å². The largest absolute Gasteiger partial charge is 0.488 e. The molecule has 19 heavy (non-hydrogen) atoms. The summed E-state index contributed by atoms with van der Waals surface area (Å²) in [5.74, 6) is -0.400. The van der Waals surface area contributed by atoms with Crippen LogP contribution >= 0.6 is 0 Å². The first-order chi connectivity index (χ1) is 8.97. The molecule has 0 aromatic heterocycles. The number of halogens is 1. The summed E-state index contributed by atoms with van der Waals surface area (Å²) in [5.41, 5.74) is 6.77. The molecular formula is C13H18FN3O2.